The molecule has 9 heteroatoms. The van der Waals surface area contributed by atoms with E-state index in [4.69, 9.17) is 0 Å². The zero-order valence-electron chi connectivity index (χ0n) is 14.2. The third kappa shape index (κ3) is 4.55. The van der Waals surface area contributed by atoms with Crippen molar-refractivity contribution in [3.05, 3.63) is 27.0 Å². The van der Waals surface area contributed by atoms with Crippen LogP contribution in [-0.4, -0.2) is 36.7 Å². The first-order valence-corrected chi connectivity index (χ1v) is 9.81. The maximum atomic E-state index is 12.3. The summed E-state index contributed by atoms with van der Waals surface area (Å²) in [5.74, 6) is 0. The van der Waals surface area contributed by atoms with E-state index in [0.29, 0.717) is 12.6 Å². The summed E-state index contributed by atoms with van der Waals surface area (Å²) < 4.78 is 28.9. The summed E-state index contributed by atoms with van der Waals surface area (Å²) in [4.78, 5) is 23.2. The van der Waals surface area contributed by atoms with Gasteiger partial charge in [0, 0.05) is 39.4 Å². The minimum absolute atomic E-state index is 0.199. The molecule has 0 atom stereocenters. The monoisotopic (exact) mass is 358 g/mol. The van der Waals surface area contributed by atoms with E-state index in [9.17, 15) is 18.0 Å². The molecular formula is C15H26N4O4S. The Kier molecular flexibility index (Phi) is 6.36. The Bertz CT molecular complexity index is 774. The van der Waals surface area contributed by atoms with Gasteiger partial charge in [-0.3, -0.25) is 9.36 Å². The molecule has 0 amide bonds. The number of nitrogens with one attached hydrogen (secondary N) is 2. The molecule has 2 rings (SSSR count). The Hall–Kier alpha value is -1.45. The zero-order chi connectivity index (χ0) is 17.7. The normalized spacial score (nSPS) is 16.9. The summed E-state index contributed by atoms with van der Waals surface area (Å²) in [5, 5.41) is 3.37. The highest BCUT2D eigenvalue weighted by atomic mass is 32.2. The number of rotatable bonds is 6. The molecule has 1 aliphatic carbocycles. The van der Waals surface area contributed by atoms with Crippen LogP contribution in [0.15, 0.2) is 20.7 Å². The lowest BCUT2D eigenvalue weighted by molar-refractivity contribution is 0.461. The standard InChI is InChI=1S/C15H26N4O4S/c1-18-11-13(14(20)19(2)15(18)21)24(22,23)17-10-9-16-12-7-5-3-4-6-8-12/h11-12,16-17H,3-10H2,1-2H3. The molecule has 0 aromatic carbocycles. The van der Waals surface area contributed by atoms with Crippen molar-refractivity contribution in [1.29, 1.82) is 0 Å². The van der Waals surface area contributed by atoms with Crippen molar-refractivity contribution in [1.82, 2.24) is 19.2 Å². The number of nitrogens with zero attached hydrogens (tertiary/aromatic N) is 2. The molecule has 0 saturated heterocycles. The average Bonchev–Trinajstić information content (AvgIpc) is 2.81. The van der Waals surface area contributed by atoms with Gasteiger partial charge >= 0.3 is 5.69 Å². The molecule has 0 bridgehead atoms. The first-order chi connectivity index (χ1) is 11.3. The van der Waals surface area contributed by atoms with Crippen LogP contribution in [0.3, 0.4) is 0 Å². The van der Waals surface area contributed by atoms with E-state index in [1.54, 1.807) is 0 Å². The second kappa shape index (κ2) is 8.09. The smallest absolute Gasteiger partial charge is 0.313 e. The van der Waals surface area contributed by atoms with Crippen LogP contribution in [0.25, 0.3) is 0 Å². The Morgan fingerprint density at radius 1 is 1.08 bits per heavy atom. The molecule has 0 unspecified atom stereocenters. The Morgan fingerprint density at radius 3 is 2.33 bits per heavy atom. The van der Waals surface area contributed by atoms with E-state index >= 15 is 0 Å². The highest BCUT2D eigenvalue weighted by Gasteiger charge is 2.21. The van der Waals surface area contributed by atoms with E-state index in [0.717, 1.165) is 28.2 Å². The van der Waals surface area contributed by atoms with Crippen molar-refractivity contribution in [2.24, 2.45) is 14.1 Å². The maximum absolute atomic E-state index is 12.3. The summed E-state index contributed by atoms with van der Waals surface area (Å²) in [6.07, 6.45) is 8.24. The topological polar surface area (TPSA) is 102 Å². The first-order valence-electron chi connectivity index (χ1n) is 8.32. The number of aryl methyl sites for hydroxylation is 1. The van der Waals surface area contributed by atoms with Gasteiger partial charge in [0.25, 0.3) is 5.56 Å². The lowest BCUT2D eigenvalue weighted by atomic mass is 10.1. The fourth-order valence-electron chi connectivity index (χ4n) is 2.98. The van der Waals surface area contributed by atoms with E-state index in [-0.39, 0.29) is 6.54 Å². The second-order valence-electron chi connectivity index (χ2n) is 6.29. The van der Waals surface area contributed by atoms with Gasteiger partial charge < -0.3 is 9.88 Å². The molecule has 1 saturated carbocycles. The van der Waals surface area contributed by atoms with Crippen molar-refractivity contribution in [2.75, 3.05) is 13.1 Å². The second-order valence-corrected chi connectivity index (χ2v) is 8.03. The maximum Gasteiger partial charge on any atom is 0.330 e. The van der Waals surface area contributed by atoms with Gasteiger partial charge in [0.1, 0.15) is 0 Å². The van der Waals surface area contributed by atoms with Crippen LogP contribution in [0.1, 0.15) is 38.5 Å². The minimum Gasteiger partial charge on any atom is -0.313 e. The van der Waals surface area contributed by atoms with Crippen LogP contribution in [0.2, 0.25) is 0 Å². The number of hydrogen-bond donors (Lipinski definition) is 2. The molecule has 24 heavy (non-hydrogen) atoms. The Morgan fingerprint density at radius 2 is 1.71 bits per heavy atom. The largest absolute Gasteiger partial charge is 0.330 e. The van der Waals surface area contributed by atoms with E-state index in [1.807, 2.05) is 0 Å². The van der Waals surface area contributed by atoms with Crippen molar-refractivity contribution in [3.63, 3.8) is 0 Å². The highest BCUT2D eigenvalue weighted by molar-refractivity contribution is 7.89. The molecule has 1 aliphatic rings. The van der Waals surface area contributed by atoms with Crippen molar-refractivity contribution in [3.8, 4) is 0 Å². The number of aromatic nitrogens is 2. The Balaban J connectivity index is 1.97. The van der Waals surface area contributed by atoms with Gasteiger partial charge in [0.15, 0.2) is 4.90 Å². The van der Waals surface area contributed by atoms with Gasteiger partial charge in [0.05, 0.1) is 0 Å². The summed E-state index contributed by atoms with van der Waals surface area (Å²) in [7, 11) is -1.27. The predicted molar refractivity (Wildman–Crippen MR) is 91.6 cm³/mol. The fraction of sp³-hybridized carbons (Fsp3) is 0.733. The van der Waals surface area contributed by atoms with E-state index in [2.05, 4.69) is 10.0 Å². The van der Waals surface area contributed by atoms with E-state index in [1.165, 1.54) is 39.8 Å². The summed E-state index contributed by atoms with van der Waals surface area (Å²) in [5.41, 5.74) is -1.38. The Labute approximate surface area is 141 Å². The van der Waals surface area contributed by atoms with Crippen molar-refractivity contribution >= 4 is 10.0 Å². The minimum atomic E-state index is -3.95. The molecule has 1 aromatic heterocycles. The predicted octanol–water partition coefficient (Wildman–Crippen LogP) is -0.325. The van der Waals surface area contributed by atoms with Gasteiger partial charge in [0.2, 0.25) is 10.0 Å². The van der Waals surface area contributed by atoms with Crippen LogP contribution < -0.4 is 21.3 Å². The summed E-state index contributed by atoms with van der Waals surface area (Å²) in [6.45, 7) is 0.709. The van der Waals surface area contributed by atoms with Crippen LogP contribution in [0, 0.1) is 0 Å². The van der Waals surface area contributed by atoms with Gasteiger partial charge in [-0.15, -0.1) is 0 Å². The van der Waals surface area contributed by atoms with Crippen LogP contribution in [0.5, 0.6) is 0 Å². The summed E-state index contributed by atoms with van der Waals surface area (Å²) >= 11 is 0. The molecule has 0 radical (unpaired) electrons. The van der Waals surface area contributed by atoms with Crippen molar-refractivity contribution in [2.45, 2.75) is 49.5 Å². The van der Waals surface area contributed by atoms with Gasteiger partial charge in [-0.05, 0) is 12.8 Å². The molecule has 136 valence electrons. The molecule has 2 N–H and O–H groups in total. The molecule has 0 spiro atoms. The zero-order valence-corrected chi connectivity index (χ0v) is 15.1. The first kappa shape index (κ1) is 18.9. The molecule has 0 aliphatic heterocycles. The average molecular weight is 358 g/mol. The molecular weight excluding hydrogens is 332 g/mol. The SMILES string of the molecule is Cn1cc(S(=O)(=O)NCCNC2CCCCCC2)c(=O)n(C)c1=O. The lowest BCUT2D eigenvalue weighted by Crippen LogP contribution is -2.43. The fourth-order valence-corrected chi connectivity index (χ4v) is 4.17. The highest BCUT2D eigenvalue weighted by Crippen LogP contribution is 2.16. The van der Waals surface area contributed by atoms with E-state index < -0.39 is 26.2 Å². The lowest BCUT2D eigenvalue weighted by Gasteiger charge is -2.16. The molecule has 1 fully saturated rings. The van der Waals surface area contributed by atoms with Gasteiger partial charge in [-0.25, -0.2) is 17.9 Å². The van der Waals surface area contributed by atoms with Crippen LogP contribution in [-0.2, 0) is 24.1 Å². The molecule has 8 nitrogen and oxygen atoms in total. The number of hydrogen-bond acceptors (Lipinski definition) is 5. The number of sulfonamides is 1. The van der Waals surface area contributed by atoms with Gasteiger partial charge in [-0.2, -0.15) is 0 Å². The van der Waals surface area contributed by atoms with Gasteiger partial charge in [-0.1, -0.05) is 25.7 Å². The third-order valence-electron chi connectivity index (χ3n) is 4.41. The third-order valence-corrected chi connectivity index (χ3v) is 5.85. The van der Waals surface area contributed by atoms with Crippen LogP contribution >= 0.6 is 0 Å². The molecule has 1 aromatic rings. The quantitative estimate of drug-likeness (QED) is 0.536. The van der Waals surface area contributed by atoms with Crippen LogP contribution in [0.4, 0.5) is 0 Å². The van der Waals surface area contributed by atoms with Crippen molar-refractivity contribution < 1.29 is 8.42 Å². The summed E-state index contributed by atoms with van der Waals surface area (Å²) in [6, 6.07) is 0.433. The molecule has 1 heterocycles.